The van der Waals surface area contributed by atoms with Gasteiger partial charge < -0.3 is 0 Å². The first-order chi connectivity index (χ1) is 7.86. The van der Waals surface area contributed by atoms with E-state index in [9.17, 15) is 8.42 Å². The van der Waals surface area contributed by atoms with E-state index >= 15 is 0 Å². The minimum Gasteiger partial charge on any atom is -0.271 e. The highest BCUT2D eigenvalue weighted by atomic mass is 32.2. The van der Waals surface area contributed by atoms with E-state index in [-0.39, 0.29) is 18.0 Å². The van der Waals surface area contributed by atoms with E-state index < -0.39 is 10.0 Å². The number of aromatic nitrogens is 2. The van der Waals surface area contributed by atoms with Crippen molar-refractivity contribution in [1.29, 1.82) is 5.26 Å². The molecule has 0 aromatic carbocycles. The number of nitrogens with zero attached hydrogens (tertiary/aromatic N) is 4. The zero-order valence-electron chi connectivity index (χ0n) is 10.4. The maximum Gasteiger partial charge on any atom is 0.247 e. The van der Waals surface area contributed by atoms with Crippen LogP contribution in [0.2, 0.25) is 0 Å². The first-order valence-electron chi connectivity index (χ1n) is 5.23. The Labute approximate surface area is 102 Å². The Bertz CT molecular complexity index is 554. The van der Waals surface area contributed by atoms with Crippen molar-refractivity contribution in [2.75, 3.05) is 13.1 Å². The third-order valence-electron chi connectivity index (χ3n) is 2.64. The van der Waals surface area contributed by atoms with Crippen molar-refractivity contribution < 1.29 is 8.42 Å². The van der Waals surface area contributed by atoms with E-state index in [0.29, 0.717) is 11.4 Å². The van der Waals surface area contributed by atoms with Crippen molar-refractivity contribution in [2.24, 2.45) is 7.05 Å². The summed E-state index contributed by atoms with van der Waals surface area (Å²) in [5.41, 5.74) is 1.04. The molecule has 0 fully saturated rings. The van der Waals surface area contributed by atoms with Crippen molar-refractivity contribution in [3.8, 4) is 6.07 Å². The Morgan fingerprint density at radius 1 is 1.47 bits per heavy atom. The third-order valence-corrected chi connectivity index (χ3v) is 4.81. The van der Waals surface area contributed by atoms with Crippen LogP contribution in [0.25, 0.3) is 0 Å². The number of hydrogen-bond acceptors (Lipinski definition) is 4. The lowest BCUT2D eigenvalue weighted by molar-refractivity contribution is 0.461. The van der Waals surface area contributed by atoms with Crippen LogP contribution in [0, 0.1) is 25.2 Å². The van der Waals surface area contributed by atoms with Crippen LogP contribution in [0.15, 0.2) is 4.90 Å². The lowest BCUT2D eigenvalue weighted by Gasteiger charge is -2.17. The minimum absolute atomic E-state index is 0.146. The molecule has 0 N–H and O–H groups in total. The van der Waals surface area contributed by atoms with Crippen LogP contribution in [0.1, 0.15) is 18.3 Å². The predicted molar refractivity (Wildman–Crippen MR) is 62.7 cm³/mol. The molecule has 0 aliphatic carbocycles. The molecule has 0 saturated carbocycles. The molecule has 17 heavy (non-hydrogen) atoms. The second-order valence-electron chi connectivity index (χ2n) is 3.71. The van der Waals surface area contributed by atoms with Gasteiger partial charge >= 0.3 is 0 Å². The molecule has 0 atom stereocenters. The molecule has 0 radical (unpaired) electrons. The first kappa shape index (κ1) is 13.7. The van der Waals surface area contributed by atoms with Gasteiger partial charge in [0, 0.05) is 13.6 Å². The molecule has 0 bridgehead atoms. The Morgan fingerprint density at radius 3 is 2.41 bits per heavy atom. The Morgan fingerprint density at radius 2 is 2.06 bits per heavy atom. The first-order valence-corrected chi connectivity index (χ1v) is 6.67. The Hall–Kier alpha value is -1.39. The summed E-state index contributed by atoms with van der Waals surface area (Å²) in [6.07, 6.45) is 0. The molecule has 94 valence electrons. The van der Waals surface area contributed by atoms with Crippen molar-refractivity contribution in [3.63, 3.8) is 0 Å². The van der Waals surface area contributed by atoms with Crippen LogP contribution >= 0.6 is 0 Å². The maximum atomic E-state index is 12.3. The van der Waals surface area contributed by atoms with Crippen molar-refractivity contribution in [1.82, 2.24) is 14.1 Å². The van der Waals surface area contributed by atoms with Gasteiger partial charge in [0.05, 0.1) is 17.5 Å². The number of rotatable bonds is 4. The zero-order chi connectivity index (χ0) is 13.2. The fourth-order valence-corrected chi connectivity index (χ4v) is 3.45. The Balaban J connectivity index is 3.36. The molecular weight excluding hydrogens is 240 g/mol. The van der Waals surface area contributed by atoms with Crippen LogP contribution < -0.4 is 0 Å². The normalized spacial score (nSPS) is 11.8. The molecule has 1 aromatic rings. The molecule has 1 rings (SSSR count). The molecular formula is C10H16N4O2S. The predicted octanol–water partition coefficient (Wildman–Crippen LogP) is 0.571. The second kappa shape index (κ2) is 4.85. The van der Waals surface area contributed by atoms with Gasteiger partial charge in [-0.15, -0.1) is 0 Å². The number of hydrogen-bond donors (Lipinski definition) is 0. The van der Waals surface area contributed by atoms with Gasteiger partial charge in [0.25, 0.3) is 0 Å². The highest BCUT2D eigenvalue weighted by Gasteiger charge is 2.29. The van der Waals surface area contributed by atoms with Gasteiger partial charge in [-0.25, -0.2) is 8.42 Å². The SMILES string of the molecule is CCN(CC#N)S(=O)(=O)c1c(C)nn(C)c1C. The summed E-state index contributed by atoms with van der Waals surface area (Å²) >= 11 is 0. The van der Waals surface area contributed by atoms with Gasteiger partial charge in [0.2, 0.25) is 10.0 Å². The molecule has 7 heteroatoms. The average molecular weight is 256 g/mol. The van der Waals surface area contributed by atoms with E-state index in [0.717, 1.165) is 4.31 Å². The van der Waals surface area contributed by atoms with Gasteiger partial charge in [0.1, 0.15) is 11.4 Å². The van der Waals surface area contributed by atoms with Crippen molar-refractivity contribution in [3.05, 3.63) is 11.4 Å². The summed E-state index contributed by atoms with van der Waals surface area (Å²) in [6, 6.07) is 1.86. The number of nitriles is 1. The minimum atomic E-state index is -3.63. The summed E-state index contributed by atoms with van der Waals surface area (Å²) in [4.78, 5) is 0.206. The highest BCUT2D eigenvalue weighted by Crippen LogP contribution is 2.22. The van der Waals surface area contributed by atoms with Crippen LogP contribution in [0.3, 0.4) is 0 Å². The quantitative estimate of drug-likeness (QED) is 0.738. The lowest BCUT2D eigenvalue weighted by atomic mass is 10.4. The monoisotopic (exact) mass is 256 g/mol. The molecule has 0 saturated heterocycles. The number of sulfonamides is 1. The lowest BCUT2D eigenvalue weighted by Crippen LogP contribution is -2.32. The average Bonchev–Trinajstić information content (AvgIpc) is 2.49. The van der Waals surface area contributed by atoms with E-state index in [2.05, 4.69) is 5.10 Å². The van der Waals surface area contributed by atoms with Gasteiger partial charge in [0.15, 0.2) is 0 Å². The van der Waals surface area contributed by atoms with E-state index in [1.807, 2.05) is 6.07 Å². The van der Waals surface area contributed by atoms with Crippen LogP contribution in [-0.4, -0.2) is 35.6 Å². The molecule has 0 amide bonds. The standard InChI is InChI=1S/C10H16N4O2S/c1-5-14(7-6-11)17(15,16)10-8(2)12-13(4)9(10)3/h5,7H2,1-4H3. The largest absolute Gasteiger partial charge is 0.271 e. The number of aryl methyl sites for hydroxylation is 2. The van der Waals surface area contributed by atoms with Crippen LogP contribution in [0.4, 0.5) is 0 Å². The third kappa shape index (κ3) is 2.33. The molecule has 6 nitrogen and oxygen atoms in total. The van der Waals surface area contributed by atoms with Gasteiger partial charge in [-0.05, 0) is 13.8 Å². The topological polar surface area (TPSA) is 79.0 Å². The molecule has 0 aliphatic rings. The molecule has 0 aliphatic heterocycles. The summed E-state index contributed by atoms with van der Waals surface area (Å²) in [5, 5.41) is 12.7. The molecule has 0 unspecified atom stereocenters. The van der Waals surface area contributed by atoms with E-state index in [4.69, 9.17) is 5.26 Å². The van der Waals surface area contributed by atoms with E-state index in [1.165, 1.54) is 4.68 Å². The second-order valence-corrected chi connectivity index (χ2v) is 5.59. The van der Waals surface area contributed by atoms with Crippen LogP contribution in [-0.2, 0) is 17.1 Å². The maximum absolute atomic E-state index is 12.3. The van der Waals surface area contributed by atoms with E-state index in [1.54, 1.807) is 27.8 Å². The summed E-state index contributed by atoms with van der Waals surface area (Å²) < 4.78 is 27.3. The van der Waals surface area contributed by atoms with Gasteiger partial charge in [-0.1, -0.05) is 6.92 Å². The fraction of sp³-hybridized carbons (Fsp3) is 0.600. The molecule has 0 spiro atoms. The van der Waals surface area contributed by atoms with Gasteiger partial charge in [-0.2, -0.15) is 14.7 Å². The van der Waals surface area contributed by atoms with Crippen molar-refractivity contribution >= 4 is 10.0 Å². The van der Waals surface area contributed by atoms with Crippen LogP contribution in [0.5, 0.6) is 0 Å². The summed E-state index contributed by atoms with van der Waals surface area (Å²) in [7, 11) is -1.93. The highest BCUT2D eigenvalue weighted by molar-refractivity contribution is 7.89. The molecule has 1 aromatic heterocycles. The van der Waals surface area contributed by atoms with Crippen molar-refractivity contribution in [2.45, 2.75) is 25.7 Å². The summed E-state index contributed by atoms with van der Waals surface area (Å²) in [5.74, 6) is 0. The Kier molecular flexibility index (Phi) is 3.91. The summed E-state index contributed by atoms with van der Waals surface area (Å²) in [6.45, 7) is 5.18. The zero-order valence-corrected chi connectivity index (χ0v) is 11.2. The fourth-order valence-electron chi connectivity index (χ4n) is 1.70. The molecule has 1 heterocycles. The van der Waals surface area contributed by atoms with Gasteiger partial charge in [-0.3, -0.25) is 4.68 Å². The smallest absolute Gasteiger partial charge is 0.247 e.